The molecular formula is C17H36O2. The third-order valence-corrected chi connectivity index (χ3v) is 3.85. The minimum absolute atomic E-state index is 0.0851. The second-order valence-electron chi connectivity index (χ2n) is 5.87. The SMILES string of the molecule is CCCCCCCCCCCCCCC[C@@H](O)CO. The molecule has 0 aromatic rings. The highest BCUT2D eigenvalue weighted by atomic mass is 16.3. The zero-order chi connectivity index (χ0) is 14.2. The van der Waals surface area contributed by atoms with Gasteiger partial charge in [0.25, 0.3) is 0 Å². The molecule has 0 aliphatic heterocycles. The number of aliphatic hydroxyl groups excluding tert-OH is 2. The van der Waals surface area contributed by atoms with Gasteiger partial charge in [-0.3, -0.25) is 0 Å². The predicted molar refractivity (Wildman–Crippen MR) is 83.4 cm³/mol. The fourth-order valence-corrected chi connectivity index (χ4v) is 2.49. The van der Waals surface area contributed by atoms with Crippen molar-refractivity contribution in [3.63, 3.8) is 0 Å². The van der Waals surface area contributed by atoms with Crippen LogP contribution >= 0.6 is 0 Å². The molecule has 116 valence electrons. The largest absolute Gasteiger partial charge is 0.394 e. The first-order valence-electron chi connectivity index (χ1n) is 8.60. The number of hydrogen-bond donors (Lipinski definition) is 2. The zero-order valence-electron chi connectivity index (χ0n) is 13.1. The molecule has 0 fully saturated rings. The van der Waals surface area contributed by atoms with Crippen molar-refractivity contribution in [1.82, 2.24) is 0 Å². The highest BCUT2D eigenvalue weighted by Gasteiger charge is 2.00. The van der Waals surface area contributed by atoms with Gasteiger partial charge in [-0.05, 0) is 6.42 Å². The summed E-state index contributed by atoms with van der Waals surface area (Å²) in [6.07, 6.45) is 17.8. The normalized spacial score (nSPS) is 12.8. The summed E-state index contributed by atoms with van der Waals surface area (Å²) in [5, 5.41) is 17.9. The van der Waals surface area contributed by atoms with Crippen LogP contribution in [0.15, 0.2) is 0 Å². The van der Waals surface area contributed by atoms with Crippen molar-refractivity contribution in [2.45, 2.75) is 103 Å². The van der Waals surface area contributed by atoms with E-state index in [9.17, 15) is 5.11 Å². The van der Waals surface area contributed by atoms with Crippen molar-refractivity contribution in [3.05, 3.63) is 0 Å². The maximum atomic E-state index is 9.19. The van der Waals surface area contributed by atoms with E-state index in [1.165, 1.54) is 77.0 Å². The first-order chi connectivity index (χ1) is 9.31. The van der Waals surface area contributed by atoms with Crippen molar-refractivity contribution in [3.8, 4) is 0 Å². The van der Waals surface area contributed by atoms with Gasteiger partial charge < -0.3 is 10.2 Å². The molecule has 0 aliphatic rings. The van der Waals surface area contributed by atoms with E-state index in [2.05, 4.69) is 6.92 Å². The van der Waals surface area contributed by atoms with E-state index in [0.29, 0.717) is 0 Å². The molecular weight excluding hydrogens is 236 g/mol. The second-order valence-corrected chi connectivity index (χ2v) is 5.87. The van der Waals surface area contributed by atoms with Crippen LogP contribution in [0.2, 0.25) is 0 Å². The molecule has 2 N–H and O–H groups in total. The standard InChI is InChI=1S/C17H36O2/c1-2-3-4-5-6-7-8-9-10-11-12-13-14-15-17(19)16-18/h17-19H,2-16H2,1H3/t17-/m1/s1. The van der Waals surface area contributed by atoms with E-state index >= 15 is 0 Å². The van der Waals surface area contributed by atoms with E-state index in [4.69, 9.17) is 5.11 Å². The second kappa shape index (κ2) is 16.0. The Balaban J connectivity index is 2.95. The van der Waals surface area contributed by atoms with E-state index in [0.717, 1.165) is 12.8 Å². The summed E-state index contributed by atoms with van der Waals surface area (Å²) in [6.45, 7) is 2.18. The Morgan fingerprint density at radius 3 is 1.37 bits per heavy atom. The summed E-state index contributed by atoms with van der Waals surface area (Å²) >= 11 is 0. The van der Waals surface area contributed by atoms with Gasteiger partial charge in [-0.1, -0.05) is 90.4 Å². The van der Waals surface area contributed by atoms with Crippen LogP contribution in [-0.4, -0.2) is 22.9 Å². The topological polar surface area (TPSA) is 40.5 Å². The summed E-state index contributed by atoms with van der Waals surface area (Å²) in [5.74, 6) is 0. The zero-order valence-corrected chi connectivity index (χ0v) is 13.1. The number of hydrogen-bond acceptors (Lipinski definition) is 2. The Bertz CT molecular complexity index is 159. The van der Waals surface area contributed by atoms with Crippen molar-refractivity contribution < 1.29 is 10.2 Å². The average Bonchev–Trinajstić information content (AvgIpc) is 2.43. The smallest absolute Gasteiger partial charge is 0.0770 e. The van der Waals surface area contributed by atoms with Gasteiger partial charge in [-0.15, -0.1) is 0 Å². The lowest BCUT2D eigenvalue weighted by Crippen LogP contribution is -2.10. The lowest BCUT2D eigenvalue weighted by atomic mass is 10.0. The monoisotopic (exact) mass is 272 g/mol. The number of aliphatic hydroxyl groups is 2. The highest BCUT2D eigenvalue weighted by Crippen LogP contribution is 2.13. The lowest BCUT2D eigenvalue weighted by Gasteiger charge is -2.06. The molecule has 0 rings (SSSR count). The van der Waals surface area contributed by atoms with Crippen LogP contribution in [0.25, 0.3) is 0 Å². The van der Waals surface area contributed by atoms with Crippen LogP contribution in [-0.2, 0) is 0 Å². The van der Waals surface area contributed by atoms with E-state index in [1.54, 1.807) is 0 Å². The van der Waals surface area contributed by atoms with Gasteiger partial charge in [0.15, 0.2) is 0 Å². The van der Waals surface area contributed by atoms with Crippen LogP contribution in [0, 0.1) is 0 Å². The Hall–Kier alpha value is -0.0800. The van der Waals surface area contributed by atoms with Gasteiger partial charge in [-0.2, -0.15) is 0 Å². The van der Waals surface area contributed by atoms with Gasteiger partial charge in [-0.25, -0.2) is 0 Å². The molecule has 0 unspecified atom stereocenters. The van der Waals surface area contributed by atoms with Crippen molar-refractivity contribution in [2.75, 3.05) is 6.61 Å². The highest BCUT2D eigenvalue weighted by molar-refractivity contribution is 4.54. The van der Waals surface area contributed by atoms with Gasteiger partial charge in [0.05, 0.1) is 12.7 Å². The quantitative estimate of drug-likeness (QED) is 0.420. The van der Waals surface area contributed by atoms with Gasteiger partial charge >= 0.3 is 0 Å². The van der Waals surface area contributed by atoms with Gasteiger partial charge in [0.1, 0.15) is 0 Å². The molecule has 2 heteroatoms. The minimum Gasteiger partial charge on any atom is -0.394 e. The van der Waals surface area contributed by atoms with Gasteiger partial charge in [0.2, 0.25) is 0 Å². The van der Waals surface area contributed by atoms with E-state index < -0.39 is 6.10 Å². The molecule has 0 bridgehead atoms. The van der Waals surface area contributed by atoms with Crippen LogP contribution in [0.4, 0.5) is 0 Å². The van der Waals surface area contributed by atoms with Crippen molar-refractivity contribution in [1.29, 1.82) is 0 Å². The molecule has 0 heterocycles. The Morgan fingerprint density at radius 2 is 1.00 bits per heavy atom. The van der Waals surface area contributed by atoms with Crippen LogP contribution in [0.1, 0.15) is 96.8 Å². The molecule has 1 atom stereocenters. The summed E-state index contributed by atoms with van der Waals surface area (Å²) < 4.78 is 0. The molecule has 2 nitrogen and oxygen atoms in total. The summed E-state index contributed by atoms with van der Waals surface area (Å²) in [6, 6.07) is 0. The third kappa shape index (κ3) is 15.9. The minimum atomic E-state index is -0.493. The molecule has 0 aromatic heterocycles. The molecule has 0 radical (unpaired) electrons. The number of rotatable bonds is 15. The summed E-state index contributed by atoms with van der Waals surface area (Å²) in [4.78, 5) is 0. The van der Waals surface area contributed by atoms with Crippen molar-refractivity contribution in [2.24, 2.45) is 0 Å². The predicted octanol–water partition coefficient (Wildman–Crippen LogP) is 4.82. The number of unbranched alkanes of at least 4 members (excludes halogenated alkanes) is 12. The fourth-order valence-electron chi connectivity index (χ4n) is 2.49. The van der Waals surface area contributed by atoms with Crippen LogP contribution < -0.4 is 0 Å². The van der Waals surface area contributed by atoms with Crippen LogP contribution in [0.3, 0.4) is 0 Å². The van der Waals surface area contributed by atoms with Gasteiger partial charge in [0, 0.05) is 0 Å². The van der Waals surface area contributed by atoms with Crippen molar-refractivity contribution >= 4 is 0 Å². The molecule has 0 saturated heterocycles. The molecule has 0 saturated carbocycles. The Kier molecular flexibility index (Phi) is 15.9. The molecule has 0 amide bonds. The first kappa shape index (κ1) is 18.9. The van der Waals surface area contributed by atoms with E-state index in [-0.39, 0.29) is 6.61 Å². The Morgan fingerprint density at radius 1 is 0.632 bits per heavy atom. The molecule has 0 aromatic carbocycles. The van der Waals surface area contributed by atoms with E-state index in [1.807, 2.05) is 0 Å². The third-order valence-electron chi connectivity index (χ3n) is 3.85. The molecule has 19 heavy (non-hydrogen) atoms. The fraction of sp³-hybridized carbons (Fsp3) is 1.00. The lowest BCUT2D eigenvalue weighted by molar-refractivity contribution is 0.0860. The summed E-state index contributed by atoms with van der Waals surface area (Å²) in [7, 11) is 0. The Labute approximate surface area is 120 Å². The molecule has 0 aliphatic carbocycles. The average molecular weight is 272 g/mol. The maximum Gasteiger partial charge on any atom is 0.0770 e. The summed E-state index contributed by atoms with van der Waals surface area (Å²) in [5.41, 5.74) is 0. The van der Waals surface area contributed by atoms with Crippen LogP contribution in [0.5, 0.6) is 0 Å². The molecule has 0 spiro atoms. The first-order valence-corrected chi connectivity index (χ1v) is 8.60. The maximum absolute atomic E-state index is 9.19.